The van der Waals surface area contributed by atoms with Gasteiger partial charge in [-0.05, 0) is 67.8 Å². The van der Waals surface area contributed by atoms with E-state index in [1.165, 1.54) is 6.08 Å². The molecule has 0 aromatic heterocycles. The van der Waals surface area contributed by atoms with E-state index in [1.54, 1.807) is 7.11 Å². The molecule has 0 aromatic carbocycles. The van der Waals surface area contributed by atoms with E-state index in [9.17, 15) is 21.6 Å². The normalized spacial score (nSPS) is 29.4. The van der Waals surface area contributed by atoms with Gasteiger partial charge in [-0.25, -0.2) is 0 Å². The lowest BCUT2D eigenvalue weighted by atomic mass is 9.63. The molecule has 5 nitrogen and oxygen atoms in total. The van der Waals surface area contributed by atoms with Crippen molar-refractivity contribution in [1.29, 1.82) is 0 Å². The molecule has 0 unspecified atom stereocenters. The molecule has 0 aromatic rings. The Balaban J connectivity index is 2.07. The lowest BCUT2D eigenvalue weighted by Gasteiger charge is -2.42. The van der Waals surface area contributed by atoms with Crippen molar-refractivity contribution in [3.8, 4) is 0 Å². The number of fused-ring (bicyclic) bond motifs is 1. The lowest BCUT2D eigenvalue weighted by Crippen LogP contribution is -2.37. The highest BCUT2D eigenvalue weighted by Crippen LogP contribution is 2.59. The van der Waals surface area contributed by atoms with Gasteiger partial charge in [-0.15, -0.1) is 0 Å². The van der Waals surface area contributed by atoms with E-state index in [0.717, 1.165) is 25.7 Å². The number of allylic oxidation sites excluding steroid dienone is 2. The van der Waals surface area contributed by atoms with Crippen LogP contribution in [0.25, 0.3) is 0 Å². The average molecular weight is 457 g/mol. The highest BCUT2D eigenvalue weighted by Gasteiger charge is 2.54. The second-order valence-electron chi connectivity index (χ2n) is 9.28. The highest BCUT2D eigenvalue weighted by atomic mass is 32.2. The fraction of sp³-hybridized carbons (Fsp3) is 0.905. The summed E-state index contributed by atoms with van der Waals surface area (Å²) >= 11 is 0. The predicted octanol–water partition coefficient (Wildman–Crippen LogP) is 5.62. The van der Waals surface area contributed by atoms with Crippen LogP contribution in [-0.2, 0) is 23.8 Å². The number of hydrogen-bond acceptors (Lipinski definition) is 5. The van der Waals surface area contributed by atoms with Crippen LogP contribution < -0.4 is 0 Å². The van der Waals surface area contributed by atoms with Crippen molar-refractivity contribution >= 4 is 10.1 Å². The van der Waals surface area contributed by atoms with E-state index >= 15 is 0 Å². The van der Waals surface area contributed by atoms with Crippen LogP contribution in [0.15, 0.2) is 11.8 Å². The van der Waals surface area contributed by atoms with Gasteiger partial charge in [0.15, 0.2) is 0 Å². The summed E-state index contributed by atoms with van der Waals surface area (Å²) in [5.74, 6) is 0.648. The molecule has 0 amide bonds. The van der Waals surface area contributed by atoms with Crippen LogP contribution in [0.2, 0.25) is 0 Å². The zero-order chi connectivity index (χ0) is 22.7. The van der Waals surface area contributed by atoms with Gasteiger partial charge in [0.1, 0.15) is 12.6 Å². The maximum atomic E-state index is 12.8. The fourth-order valence-electron chi connectivity index (χ4n) is 5.35. The second kappa shape index (κ2) is 9.77. The summed E-state index contributed by atoms with van der Waals surface area (Å²) in [6.45, 7) is 8.71. The van der Waals surface area contributed by atoms with Crippen molar-refractivity contribution in [3.05, 3.63) is 11.8 Å². The van der Waals surface area contributed by atoms with Crippen LogP contribution in [-0.4, -0.2) is 33.9 Å². The molecule has 1 saturated carbocycles. The van der Waals surface area contributed by atoms with Gasteiger partial charge in [-0.2, -0.15) is 21.6 Å². The quantitative estimate of drug-likeness (QED) is 0.242. The van der Waals surface area contributed by atoms with E-state index < -0.39 is 15.6 Å². The number of ether oxygens (including phenoxy) is 2. The minimum atomic E-state index is -5.64. The summed E-state index contributed by atoms with van der Waals surface area (Å²) < 4.78 is 76.9. The predicted molar refractivity (Wildman–Crippen MR) is 108 cm³/mol. The van der Waals surface area contributed by atoms with E-state index in [4.69, 9.17) is 9.47 Å². The third kappa shape index (κ3) is 5.51. The van der Waals surface area contributed by atoms with Crippen molar-refractivity contribution in [2.75, 3.05) is 13.9 Å². The Morgan fingerprint density at radius 2 is 1.87 bits per heavy atom. The van der Waals surface area contributed by atoms with Gasteiger partial charge < -0.3 is 13.7 Å². The molecular formula is C21H35F3O5S. The van der Waals surface area contributed by atoms with Crippen molar-refractivity contribution in [1.82, 2.24) is 0 Å². The van der Waals surface area contributed by atoms with Crippen LogP contribution in [0, 0.1) is 29.1 Å². The van der Waals surface area contributed by atoms with Crippen molar-refractivity contribution in [2.24, 2.45) is 29.1 Å². The third-order valence-corrected chi connectivity index (χ3v) is 7.99. The Morgan fingerprint density at radius 3 is 2.43 bits per heavy atom. The molecule has 0 heterocycles. The molecule has 0 bridgehead atoms. The average Bonchev–Trinajstić information content (AvgIpc) is 2.98. The van der Waals surface area contributed by atoms with Gasteiger partial charge in [0, 0.05) is 13.0 Å². The summed E-state index contributed by atoms with van der Waals surface area (Å²) in [5, 5.41) is 0. The second-order valence-corrected chi connectivity index (χ2v) is 10.8. The van der Waals surface area contributed by atoms with Crippen molar-refractivity contribution < 1.29 is 35.2 Å². The van der Waals surface area contributed by atoms with Gasteiger partial charge in [0.05, 0.1) is 6.10 Å². The molecule has 2 aliphatic rings. The SMILES string of the molecule is COCO[C@H](CC[C@@H](C)[C@H]1CC[C@H]2C(OS(=O)(=O)C(F)(F)F)=CCC[C@]12C)C(C)C. The van der Waals surface area contributed by atoms with Crippen molar-refractivity contribution in [3.63, 3.8) is 0 Å². The molecule has 0 saturated heterocycles. The topological polar surface area (TPSA) is 61.8 Å². The lowest BCUT2D eigenvalue weighted by molar-refractivity contribution is -0.0915. The maximum Gasteiger partial charge on any atom is 0.534 e. The Bertz CT molecular complexity index is 704. The number of hydrogen-bond donors (Lipinski definition) is 0. The number of rotatable bonds is 10. The largest absolute Gasteiger partial charge is 0.534 e. The summed E-state index contributed by atoms with van der Waals surface area (Å²) in [5.41, 5.74) is -5.69. The minimum Gasteiger partial charge on any atom is -0.381 e. The maximum absolute atomic E-state index is 12.8. The molecule has 176 valence electrons. The van der Waals surface area contributed by atoms with Crippen molar-refractivity contribution in [2.45, 2.75) is 77.8 Å². The molecular weight excluding hydrogens is 421 g/mol. The summed E-state index contributed by atoms with van der Waals surface area (Å²) in [6.07, 6.45) is 6.24. The molecule has 0 radical (unpaired) electrons. The minimum absolute atomic E-state index is 0.0285. The molecule has 30 heavy (non-hydrogen) atoms. The zero-order valence-electron chi connectivity index (χ0n) is 18.5. The molecule has 0 spiro atoms. The molecule has 9 heteroatoms. The molecule has 1 fully saturated rings. The Kier molecular flexibility index (Phi) is 8.30. The van der Waals surface area contributed by atoms with Gasteiger partial charge in [0.2, 0.25) is 0 Å². The van der Waals surface area contributed by atoms with Crippen LogP contribution in [0.5, 0.6) is 0 Å². The van der Waals surface area contributed by atoms with Crippen LogP contribution in [0.3, 0.4) is 0 Å². The Hall–Kier alpha value is -0.800. The van der Waals surface area contributed by atoms with Crippen LogP contribution >= 0.6 is 0 Å². The van der Waals surface area contributed by atoms with Gasteiger partial charge in [-0.3, -0.25) is 0 Å². The number of methoxy groups -OCH3 is 1. The van der Waals surface area contributed by atoms with E-state index in [-0.39, 0.29) is 30.0 Å². The first kappa shape index (κ1) is 25.5. The van der Waals surface area contributed by atoms with E-state index in [0.29, 0.717) is 30.6 Å². The summed E-state index contributed by atoms with van der Waals surface area (Å²) in [4.78, 5) is 0. The number of alkyl halides is 3. The van der Waals surface area contributed by atoms with Gasteiger partial charge in [-0.1, -0.05) is 27.7 Å². The first-order valence-corrected chi connectivity index (χ1v) is 12.1. The molecule has 2 aliphatic carbocycles. The highest BCUT2D eigenvalue weighted by molar-refractivity contribution is 7.87. The first-order chi connectivity index (χ1) is 13.8. The molecule has 2 rings (SSSR count). The van der Waals surface area contributed by atoms with Crippen LogP contribution in [0.1, 0.15) is 66.2 Å². The summed E-state index contributed by atoms with van der Waals surface area (Å²) in [7, 11) is -4.05. The van der Waals surface area contributed by atoms with Crippen LogP contribution in [0.4, 0.5) is 13.2 Å². The Labute approximate surface area is 178 Å². The fourth-order valence-corrected chi connectivity index (χ4v) is 5.88. The van der Waals surface area contributed by atoms with E-state index in [2.05, 4.69) is 31.9 Å². The molecule has 5 atom stereocenters. The molecule has 0 N–H and O–H groups in total. The van der Waals surface area contributed by atoms with Gasteiger partial charge >= 0.3 is 15.6 Å². The smallest absolute Gasteiger partial charge is 0.381 e. The Morgan fingerprint density at radius 1 is 1.20 bits per heavy atom. The summed E-state index contributed by atoms with van der Waals surface area (Å²) in [6, 6.07) is 0. The monoisotopic (exact) mass is 456 g/mol. The zero-order valence-corrected chi connectivity index (χ0v) is 19.3. The first-order valence-electron chi connectivity index (χ1n) is 10.6. The number of halogens is 3. The third-order valence-electron chi connectivity index (χ3n) is 7.01. The standard InChI is InChI=1S/C21H35F3O5S/c1-14(2)18(28-13-27-5)11-8-15(3)16-9-10-17-19(7-6-12-20(16,17)4)29-30(25,26)21(22,23)24/h7,14-18H,6,8-13H2,1-5H3/t15-,16-,17+,18-,20-/m1/s1. The molecule has 0 aliphatic heterocycles. The van der Waals surface area contributed by atoms with E-state index in [1.807, 2.05) is 0 Å². The van der Waals surface area contributed by atoms with Gasteiger partial charge in [0.25, 0.3) is 0 Å².